The van der Waals surface area contributed by atoms with Crippen molar-refractivity contribution in [2.24, 2.45) is 4.99 Å². The van der Waals surface area contributed by atoms with E-state index in [-0.39, 0.29) is 12.2 Å². The first-order valence-corrected chi connectivity index (χ1v) is 7.49. The van der Waals surface area contributed by atoms with E-state index in [1.807, 2.05) is 0 Å². The Balaban J connectivity index is 1.92. The molecule has 1 aliphatic heterocycles. The van der Waals surface area contributed by atoms with E-state index < -0.39 is 22.7 Å². The van der Waals surface area contributed by atoms with Gasteiger partial charge in [0, 0.05) is 24.2 Å². The second kappa shape index (κ2) is 6.58. The molecule has 0 saturated heterocycles. The molecule has 2 aromatic carbocycles. The van der Waals surface area contributed by atoms with Crippen LogP contribution in [0, 0.1) is 10.1 Å². The number of carbonyl (C=O) groups is 1. The highest BCUT2D eigenvalue weighted by Gasteiger charge is 2.31. The van der Waals surface area contributed by atoms with Crippen molar-refractivity contribution in [1.29, 1.82) is 0 Å². The zero-order chi connectivity index (χ0) is 18.9. The summed E-state index contributed by atoms with van der Waals surface area (Å²) in [5.41, 5.74) is 0.109. The lowest BCUT2D eigenvalue weighted by Gasteiger charge is -2.30. The van der Waals surface area contributed by atoms with Crippen LogP contribution in [-0.4, -0.2) is 22.4 Å². The van der Waals surface area contributed by atoms with Crippen LogP contribution in [0.4, 0.5) is 24.5 Å². The standard InChI is InChI=1S/C17H12F3N3O3/c18-17(19,20)12-3-1-2-11(6-12)8-22-10-21-15-5-4-13(23(25)26)7-14(15)16(22)9-24/h1-7,9-10,16H,8H2. The zero-order valence-electron chi connectivity index (χ0n) is 13.2. The second-order valence-electron chi connectivity index (χ2n) is 5.70. The van der Waals surface area contributed by atoms with Crippen LogP contribution >= 0.6 is 0 Å². The summed E-state index contributed by atoms with van der Waals surface area (Å²) in [6.45, 7) is -0.00103. The van der Waals surface area contributed by atoms with Crippen LogP contribution in [0.2, 0.25) is 0 Å². The summed E-state index contributed by atoms with van der Waals surface area (Å²) in [6.07, 6.45) is -2.53. The van der Waals surface area contributed by atoms with E-state index in [2.05, 4.69) is 4.99 Å². The summed E-state index contributed by atoms with van der Waals surface area (Å²) >= 11 is 0. The van der Waals surface area contributed by atoms with Gasteiger partial charge in [-0.3, -0.25) is 10.1 Å². The molecule has 1 heterocycles. The molecule has 1 aliphatic rings. The largest absolute Gasteiger partial charge is 0.416 e. The Morgan fingerprint density at radius 2 is 2.00 bits per heavy atom. The van der Waals surface area contributed by atoms with Crippen LogP contribution in [0.15, 0.2) is 47.5 Å². The van der Waals surface area contributed by atoms with Crippen molar-refractivity contribution in [1.82, 2.24) is 4.90 Å². The lowest BCUT2D eigenvalue weighted by Crippen LogP contribution is -2.30. The van der Waals surface area contributed by atoms with Crippen LogP contribution in [0.25, 0.3) is 0 Å². The molecule has 0 saturated carbocycles. The van der Waals surface area contributed by atoms with E-state index in [0.29, 0.717) is 23.1 Å². The summed E-state index contributed by atoms with van der Waals surface area (Å²) in [7, 11) is 0. The molecular weight excluding hydrogens is 351 g/mol. The van der Waals surface area contributed by atoms with Crippen molar-refractivity contribution in [2.45, 2.75) is 18.8 Å². The van der Waals surface area contributed by atoms with Crippen molar-refractivity contribution in [3.63, 3.8) is 0 Å². The predicted octanol–water partition coefficient (Wildman–Crippen LogP) is 4.03. The molecule has 0 amide bonds. The van der Waals surface area contributed by atoms with Crippen molar-refractivity contribution in [2.75, 3.05) is 0 Å². The molecule has 9 heteroatoms. The minimum Gasteiger partial charge on any atom is -0.344 e. The molecule has 0 radical (unpaired) electrons. The fourth-order valence-corrected chi connectivity index (χ4v) is 2.74. The molecule has 1 atom stereocenters. The van der Waals surface area contributed by atoms with Gasteiger partial charge in [0.05, 0.1) is 22.5 Å². The first-order valence-electron chi connectivity index (χ1n) is 7.49. The summed E-state index contributed by atoms with van der Waals surface area (Å²) in [4.78, 5) is 27.5. The minimum atomic E-state index is -4.47. The number of nitrogens with zero attached hydrogens (tertiary/aromatic N) is 3. The highest BCUT2D eigenvalue weighted by atomic mass is 19.4. The smallest absolute Gasteiger partial charge is 0.344 e. The Labute approximate surface area is 145 Å². The number of alkyl halides is 3. The van der Waals surface area contributed by atoms with Gasteiger partial charge in [0.15, 0.2) is 0 Å². The first kappa shape index (κ1) is 17.6. The van der Waals surface area contributed by atoms with Gasteiger partial charge in [0.2, 0.25) is 0 Å². The van der Waals surface area contributed by atoms with Gasteiger partial charge in [-0.15, -0.1) is 0 Å². The van der Waals surface area contributed by atoms with E-state index in [9.17, 15) is 28.1 Å². The van der Waals surface area contributed by atoms with Gasteiger partial charge in [-0.1, -0.05) is 12.1 Å². The average molecular weight is 363 g/mol. The fourth-order valence-electron chi connectivity index (χ4n) is 2.74. The average Bonchev–Trinajstić information content (AvgIpc) is 2.60. The van der Waals surface area contributed by atoms with Crippen molar-refractivity contribution >= 4 is 24.0 Å². The number of nitro benzene ring substituents is 1. The van der Waals surface area contributed by atoms with Gasteiger partial charge >= 0.3 is 6.18 Å². The second-order valence-corrected chi connectivity index (χ2v) is 5.70. The van der Waals surface area contributed by atoms with E-state index in [4.69, 9.17) is 0 Å². The van der Waals surface area contributed by atoms with E-state index in [0.717, 1.165) is 12.1 Å². The number of aliphatic imine (C=N–C) groups is 1. The van der Waals surface area contributed by atoms with Crippen molar-refractivity contribution in [3.8, 4) is 0 Å². The van der Waals surface area contributed by atoms with Crippen LogP contribution in [0.3, 0.4) is 0 Å². The van der Waals surface area contributed by atoms with Gasteiger partial charge in [-0.05, 0) is 23.8 Å². The summed E-state index contributed by atoms with van der Waals surface area (Å²) in [6, 6.07) is 7.84. The Bertz CT molecular complexity index is 896. The number of rotatable bonds is 4. The molecule has 0 spiro atoms. The number of benzene rings is 2. The third kappa shape index (κ3) is 3.41. The molecule has 134 valence electrons. The van der Waals surface area contributed by atoms with Gasteiger partial charge in [0.25, 0.3) is 5.69 Å². The molecule has 6 nitrogen and oxygen atoms in total. The van der Waals surface area contributed by atoms with Crippen molar-refractivity contribution in [3.05, 3.63) is 69.3 Å². The first-order chi connectivity index (χ1) is 12.3. The topological polar surface area (TPSA) is 75.8 Å². The number of aldehydes is 1. The van der Waals surface area contributed by atoms with E-state index in [1.54, 1.807) is 0 Å². The number of carbonyl (C=O) groups excluding carboxylic acids is 1. The monoisotopic (exact) mass is 363 g/mol. The van der Waals surface area contributed by atoms with Crippen molar-refractivity contribution < 1.29 is 22.9 Å². The molecule has 0 N–H and O–H groups in total. The lowest BCUT2D eigenvalue weighted by molar-refractivity contribution is -0.384. The minimum absolute atomic E-state index is 0.00103. The summed E-state index contributed by atoms with van der Waals surface area (Å²) in [5, 5.41) is 10.9. The van der Waals surface area contributed by atoms with Gasteiger partial charge < -0.3 is 9.69 Å². The SMILES string of the molecule is O=CC1c2cc([N+](=O)[O-])ccc2N=CN1Cc1cccc(C(F)(F)F)c1. The fraction of sp³-hybridized carbons (Fsp3) is 0.176. The molecule has 0 aliphatic carbocycles. The zero-order valence-corrected chi connectivity index (χ0v) is 13.2. The summed E-state index contributed by atoms with van der Waals surface area (Å²) in [5.74, 6) is 0. The summed E-state index contributed by atoms with van der Waals surface area (Å²) < 4.78 is 38.5. The van der Waals surface area contributed by atoms with Crippen LogP contribution in [-0.2, 0) is 17.5 Å². The van der Waals surface area contributed by atoms with Gasteiger partial charge in [0.1, 0.15) is 12.3 Å². The molecule has 0 aromatic heterocycles. The number of non-ortho nitro benzene ring substituents is 1. The number of hydrogen-bond acceptors (Lipinski definition) is 5. The van der Waals surface area contributed by atoms with Gasteiger partial charge in [-0.25, -0.2) is 4.99 Å². The molecule has 2 aromatic rings. The number of fused-ring (bicyclic) bond motifs is 1. The molecule has 26 heavy (non-hydrogen) atoms. The Morgan fingerprint density at radius 1 is 1.23 bits per heavy atom. The number of nitro groups is 1. The maximum Gasteiger partial charge on any atom is 0.416 e. The third-order valence-corrected chi connectivity index (χ3v) is 3.99. The molecule has 3 rings (SSSR count). The van der Waals surface area contributed by atoms with E-state index in [1.165, 1.54) is 41.6 Å². The molecule has 1 unspecified atom stereocenters. The lowest BCUT2D eigenvalue weighted by atomic mass is 10.0. The van der Waals surface area contributed by atoms with Crippen LogP contribution < -0.4 is 0 Å². The highest BCUT2D eigenvalue weighted by molar-refractivity contribution is 5.78. The highest BCUT2D eigenvalue weighted by Crippen LogP contribution is 2.36. The Hall–Kier alpha value is -3.23. The van der Waals surface area contributed by atoms with E-state index >= 15 is 0 Å². The molecular formula is C17H12F3N3O3. The Kier molecular flexibility index (Phi) is 4.45. The maximum absolute atomic E-state index is 12.8. The molecule has 0 fully saturated rings. The number of hydrogen-bond donors (Lipinski definition) is 0. The van der Waals surface area contributed by atoms with Gasteiger partial charge in [-0.2, -0.15) is 13.2 Å². The Morgan fingerprint density at radius 3 is 2.65 bits per heavy atom. The normalized spacial score (nSPS) is 16.3. The van der Waals surface area contributed by atoms with Crippen LogP contribution in [0.1, 0.15) is 22.7 Å². The van der Waals surface area contributed by atoms with Crippen LogP contribution in [0.5, 0.6) is 0 Å². The predicted molar refractivity (Wildman–Crippen MR) is 87.0 cm³/mol. The quantitative estimate of drug-likeness (QED) is 0.467. The molecule has 0 bridgehead atoms. The third-order valence-electron chi connectivity index (χ3n) is 3.99. The maximum atomic E-state index is 12.8. The number of halogens is 3.